The van der Waals surface area contributed by atoms with E-state index in [-0.39, 0.29) is 23.5 Å². The number of methoxy groups -OCH3 is 1. The van der Waals surface area contributed by atoms with E-state index >= 15 is 0 Å². The van der Waals surface area contributed by atoms with Gasteiger partial charge >= 0.3 is 0 Å². The van der Waals surface area contributed by atoms with Crippen molar-refractivity contribution in [2.45, 2.75) is 25.8 Å². The van der Waals surface area contributed by atoms with Gasteiger partial charge in [0.05, 0.1) is 24.7 Å². The van der Waals surface area contributed by atoms with Crippen molar-refractivity contribution in [2.24, 2.45) is 0 Å². The molecule has 1 amide bonds. The summed E-state index contributed by atoms with van der Waals surface area (Å²) in [4.78, 5) is 13.8. The van der Waals surface area contributed by atoms with Gasteiger partial charge in [0, 0.05) is 18.2 Å². The molecule has 0 saturated carbocycles. The maximum atomic E-state index is 12.2. The number of amides is 1. The summed E-state index contributed by atoms with van der Waals surface area (Å²) in [5.74, 6) is 0.767. The minimum Gasteiger partial charge on any atom is -0.497 e. The topological polar surface area (TPSA) is 63.7 Å². The van der Waals surface area contributed by atoms with Crippen LogP contribution in [0.2, 0.25) is 0 Å². The van der Waals surface area contributed by atoms with Crippen LogP contribution in [0.5, 0.6) is 5.75 Å². The van der Waals surface area contributed by atoms with E-state index in [1.54, 1.807) is 43.2 Å². The Morgan fingerprint density at radius 1 is 1.45 bits per heavy atom. The quantitative estimate of drug-likeness (QED) is 0.847. The van der Waals surface area contributed by atoms with E-state index in [2.05, 4.69) is 0 Å². The van der Waals surface area contributed by atoms with Crippen LogP contribution in [0.1, 0.15) is 19.8 Å². The van der Waals surface area contributed by atoms with E-state index in [0.717, 1.165) is 0 Å². The fraction of sp³-hybridized carbons (Fsp3) is 0.500. The van der Waals surface area contributed by atoms with Gasteiger partial charge in [-0.05, 0) is 18.6 Å². The molecular formula is C14H19NO4S. The van der Waals surface area contributed by atoms with Crippen molar-refractivity contribution in [2.75, 3.05) is 23.5 Å². The molecule has 1 atom stereocenters. The Labute approximate surface area is 119 Å². The first-order valence-electron chi connectivity index (χ1n) is 6.63. The number of sulfone groups is 1. The molecule has 1 aliphatic heterocycles. The van der Waals surface area contributed by atoms with Crippen LogP contribution in [0.4, 0.5) is 5.69 Å². The highest BCUT2D eigenvalue weighted by Crippen LogP contribution is 2.28. The Bertz CT molecular complexity index is 597. The molecule has 1 fully saturated rings. The van der Waals surface area contributed by atoms with Gasteiger partial charge in [0.25, 0.3) is 0 Å². The molecule has 0 spiro atoms. The van der Waals surface area contributed by atoms with E-state index in [1.807, 2.05) is 0 Å². The molecule has 1 aliphatic rings. The monoisotopic (exact) mass is 297 g/mol. The number of nitrogens with zero attached hydrogens (tertiary/aromatic N) is 1. The molecule has 1 saturated heterocycles. The van der Waals surface area contributed by atoms with Gasteiger partial charge < -0.3 is 9.64 Å². The first kappa shape index (κ1) is 14.8. The molecule has 1 heterocycles. The Morgan fingerprint density at radius 3 is 2.75 bits per heavy atom. The summed E-state index contributed by atoms with van der Waals surface area (Å²) in [6.07, 6.45) is 0.832. The molecule has 5 nitrogen and oxygen atoms in total. The number of ether oxygens (including phenoxy) is 1. The number of hydrogen-bond acceptors (Lipinski definition) is 4. The van der Waals surface area contributed by atoms with E-state index < -0.39 is 9.84 Å². The number of carbonyl (C=O) groups is 1. The smallest absolute Gasteiger partial charge is 0.226 e. The number of rotatable bonds is 4. The maximum absolute atomic E-state index is 12.2. The van der Waals surface area contributed by atoms with Crippen LogP contribution in [0.3, 0.4) is 0 Å². The van der Waals surface area contributed by atoms with Crippen molar-refractivity contribution >= 4 is 21.4 Å². The molecule has 0 bridgehead atoms. The Hall–Kier alpha value is -1.56. The van der Waals surface area contributed by atoms with Crippen LogP contribution in [0.15, 0.2) is 24.3 Å². The number of hydrogen-bond donors (Lipinski definition) is 0. The van der Waals surface area contributed by atoms with Crippen molar-refractivity contribution in [1.82, 2.24) is 0 Å². The molecule has 0 N–H and O–H groups in total. The number of anilines is 1. The minimum atomic E-state index is -3.03. The van der Waals surface area contributed by atoms with Crippen molar-refractivity contribution in [3.8, 4) is 5.75 Å². The molecule has 1 aromatic carbocycles. The van der Waals surface area contributed by atoms with Crippen LogP contribution in [0.25, 0.3) is 0 Å². The maximum Gasteiger partial charge on any atom is 0.226 e. The van der Waals surface area contributed by atoms with Crippen LogP contribution in [-0.2, 0) is 14.6 Å². The van der Waals surface area contributed by atoms with Gasteiger partial charge in [-0.2, -0.15) is 0 Å². The first-order chi connectivity index (χ1) is 9.46. The predicted octanol–water partition coefficient (Wildman–Crippen LogP) is 1.63. The molecule has 1 unspecified atom stereocenters. The first-order valence-corrected chi connectivity index (χ1v) is 8.45. The predicted molar refractivity (Wildman–Crippen MR) is 77.8 cm³/mol. The zero-order valence-electron chi connectivity index (χ0n) is 11.7. The molecule has 20 heavy (non-hydrogen) atoms. The highest BCUT2D eigenvalue weighted by molar-refractivity contribution is 7.91. The third-order valence-corrected chi connectivity index (χ3v) is 5.23. The third-order valence-electron chi connectivity index (χ3n) is 3.48. The zero-order chi connectivity index (χ0) is 14.8. The van der Waals surface area contributed by atoms with Crippen LogP contribution < -0.4 is 9.64 Å². The van der Waals surface area contributed by atoms with Crippen molar-refractivity contribution in [3.05, 3.63) is 24.3 Å². The average molecular weight is 297 g/mol. The van der Waals surface area contributed by atoms with Gasteiger partial charge in [-0.3, -0.25) is 4.79 Å². The SMILES string of the molecule is CCC(=O)N(c1cccc(OC)c1)C1CCS(=O)(=O)C1. The second kappa shape index (κ2) is 5.83. The van der Waals surface area contributed by atoms with Gasteiger partial charge in [-0.25, -0.2) is 8.42 Å². The average Bonchev–Trinajstić information content (AvgIpc) is 2.79. The highest BCUT2D eigenvalue weighted by Gasteiger charge is 2.35. The molecule has 6 heteroatoms. The van der Waals surface area contributed by atoms with Crippen LogP contribution in [-0.4, -0.2) is 39.0 Å². The second-order valence-corrected chi connectivity index (χ2v) is 7.10. The molecular weight excluding hydrogens is 278 g/mol. The van der Waals surface area contributed by atoms with Gasteiger partial charge in [-0.1, -0.05) is 13.0 Å². The summed E-state index contributed by atoms with van der Waals surface area (Å²) >= 11 is 0. The van der Waals surface area contributed by atoms with E-state index in [4.69, 9.17) is 4.74 Å². The lowest BCUT2D eigenvalue weighted by molar-refractivity contribution is -0.118. The molecule has 2 rings (SSSR count). The summed E-state index contributed by atoms with van der Waals surface area (Å²) in [6.45, 7) is 1.78. The normalized spacial score (nSPS) is 20.6. The molecule has 0 radical (unpaired) electrons. The lowest BCUT2D eigenvalue weighted by Crippen LogP contribution is -2.41. The summed E-state index contributed by atoms with van der Waals surface area (Å²) in [6, 6.07) is 6.89. The van der Waals surface area contributed by atoms with Gasteiger partial charge in [0.1, 0.15) is 5.75 Å². The largest absolute Gasteiger partial charge is 0.497 e. The number of benzene rings is 1. The Balaban J connectivity index is 2.35. The van der Waals surface area contributed by atoms with Gasteiger partial charge in [0.15, 0.2) is 9.84 Å². The van der Waals surface area contributed by atoms with Crippen LogP contribution in [0, 0.1) is 0 Å². The van der Waals surface area contributed by atoms with E-state index in [0.29, 0.717) is 24.3 Å². The van der Waals surface area contributed by atoms with E-state index in [1.165, 1.54) is 0 Å². The summed E-state index contributed by atoms with van der Waals surface area (Å²) in [5, 5.41) is 0. The minimum absolute atomic E-state index is 0.0376. The second-order valence-electron chi connectivity index (χ2n) is 4.88. The fourth-order valence-corrected chi connectivity index (χ4v) is 4.17. The van der Waals surface area contributed by atoms with Crippen molar-refractivity contribution < 1.29 is 17.9 Å². The Kier molecular flexibility index (Phi) is 4.32. The molecule has 0 aromatic heterocycles. The van der Waals surface area contributed by atoms with Crippen LogP contribution >= 0.6 is 0 Å². The summed E-state index contributed by atoms with van der Waals surface area (Å²) in [7, 11) is -1.47. The van der Waals surface area contributed by atoms with E-state index in [9.17, 15) is 13.2 Å². The lowest BCUT2D eigenvalue weighted by Gasteiger charge is -2.28. The highest BCUT2D eigenvalue weighted by atomic mass is 32.2. The fourth-order valence-electron chi connectivity index (χ4n) is 2.47. The standard InChI is InChI=1S/C14H19NO4S/c1-3-14(16)15(12-7-8-20(17,18)10-12)11-5-4-6-13(9-11)19-2/h4-6,9,12H,3,7-8,10H2,1-2H3. The lowest BCUT2D eigenvalue weighted by atomic mass is 10.1. The van der Waals surface area contributed by atoms with Gasteiger partial charge in [-0.15, -0.1) is 0 Å². The number of carbonyl (C=O) groups excluding carboxylic acids is 1. The Morgan fingerprint density at radius 2 is 2.20 bits per heavy atom. The molecule has 0 aliphatic carbocycles. The van der Waals surface area contributed by atoms with Crippen molar-refractivity contribution in [3.63, 3.8) is 0 Å². The molecule has 110 valence electrons. The van der Waals surface area contributed by atoms with Crippen molar-refractivity contribution in [1.29, 1.82) is 0 Å². The molecule has 1 aromatic rings. The third kappa shape index (κ3) is 3.12. The van der Waals surface area contributed by atoms with Gasteiger partial charge in [0.2, 0.25) is 5.91 Å². The zero-order valence-corrected chi connectivity index (χ0v) is 12.5. The summed E-state index contributed by atoms with van der Waals surface area (Å²) < 4.78 is 28.5. The summed E-state index contributed by atoms with van der Waals surface area (Å²) in [5.41, 5.74) is 0.693.